The second-order valence-corrected chi connectivity index (χ2v) is 13.6. The summed E-state index contributed by atoms with van der Waals surface area (Å²) in [7, 11) is 1.63. The summed E-state index contributed by atoms with van der Waals surface area (Å²) in [5.74, 6) is -4.16. The molecule has 16 nitrogen and oxygen atoms in total. The van der Waals surface area contributed by atoms with Gasteiger partial charge in [-0.1, -0.05) is 37.6 Å². The summed E-state index contributed by atoms with van der Waals surface area (Å²) in [6.07, 6.45) is 1.57. The van der Waals surface area contributed by atoms with Crippen molar-refractivity contribution >= 4 is 58.3 Å². The highest BCUT2D eigenvalue weighted by atomic mass is 35.5. The van der Waals surface area contributed by atoms with Gasteiger partial charge in [0, 0.05) is 55.6 Å². The first-order valence-corrected chi connectivity index (χ1v) is 17.1. The van der Waals surface area contributed by atoms with Crippen LogP contribution >= 0.6 is 11.6 Å². The molecule has 278 valence electrons. The number of carbonyl (C=O) groups is 5. The molecule has 1 saturated heterocycles. The number of methoxy groups -OCH3 is 1. The molecule has 0 spiro atoms. The van der Waals surface area contributed by atoms with E-state index in [0.29, 0.717) is 42.6 Å². The quantitative estimate of drug-likeness (QED) is 0.138. The minimum atomic E-state index is -1.10. The van der Waals surface area contributed by atoms with Gasteiger partial charge in [0.25, 0.3) is 0 Å². The molecule has 0 aliphatic carbocycles. The van der Waals surface area contributed by atoms with E-state index in [1.165, 1.54) is 41.3 Å². The number of aromatic nitrogens is 4. The van der Waals surface area contributed by atoms with E-state index in [1.54, 1.807) is 38.0 Å². The zero-order chi connectivity index (χ0) is 38.1. The van der Waals surface area contributed by atoms with E-state index in [0.717, 1.165) is 11.3 Å². The van der Waals surface area contributed by atoms with Crippen LogP contribution in [0.1, 0.15) is 29.8 Å². The molecule has 2 heterocycles. The Morgan fingerprint density at radius 3 is 2.36 bits per heavy atom. The maximum atomic E-state index is 13.9. The maximum Gasteiger partial charge on any atom is 0.335 e. The lowest BCUT2D eigenvalue weighted by Gasteiger charge is -2.35. The van der Waals surface area contributed by atoms with Crippen LogP contribution in [-0.2, 0) is 30.3 Å². The number of carboxylic acid groups (broad SMARTS) is 1. The first-order valence-electron chi connectivity index (χ1n) is 16.7. The zero-order valence-electron chi connectivity index (χ0n) is 29.4. The number of piperazine rings is 1. The van der Waals surface area contributed by atoms with Crippen LogP contribution in [-0.4, -0.2) is 106 Å². The first-order chi connectivity index (χ1) is 25.3. The van der Waals surface area contributed by atoms with Crippen LogP contribution < -0.4 is 20.9 Å². The number of halogens is 1. The number of tetrazole rings is 1. The third-order valence-electron chi connectivity index (χ3n) is 8.97. The highest BCUT2D eigenvalue weighted by Crippen LogP contribution is 2.32. The highest BCUT2D eigenvalue weighted by molar-refractivity contribution is 6.40. The standard InChI is InChI=1S/C36H40ClN9O7/c1-36(2,21-38-33(49)34(50)41-29-19-25(37)8-13-30(29)46-22-39-42-43-46)28(32(48)40-26-9-6-24(7-10-26)35(51)52)18-23-4-11-27(12-5-23)45-15-14-44(16-17-53-3)20-31(45)47/h4-13,19,22,28H,14-18,20-21H2,1-3H3,(H,38,49)(H,40,48)(H,41,50)(H,51,52)/t28-/m1/s1. The Labute approximate surface area is 310 Å². The fraction of sp³-hybridized carbons (Fsp3) is 0.333. The molecule has 1 fully saturated rings. The van der Waals surface area contributed by atoms with Crippen LogP contribution in [0.2, 0.25) is 5.02 Å². The van der Waals surface area contributed by atoms with Gasteiger partial charge in [0.05, 0.1) is 30.1 Å². The molecule has 1 atom stereocenters. The van der Waals surface area contributed by atoms with Crippen molar-refractivity contribution in [2.75, 3.05) is 62.0 Å². The van der Waals surface area contributed by atoms with Crippen LogP contribution in [0.4, 0.5) is 17.1 Å². The first kappa shape index (κ1) is 38.5. The Hall–Kier alpha value is -5.71. The molecular formula is C36H40ClN9O7. The summed E-state index contributed by atoms with van der Waals surface area (Å²) in [5, 5.41) is 28.7. The Kier molecular flexibility index (Phi) is 12.5. The van der Waals surface area contributed by atoms with E-state index in [4.69, 9.17) is 16.3 Å². The lowest BCUT2D eigenvalue weighted by atomic mass is 9.74. The molecule has 0 unspecified atom stereocenters. The summed E-state index contributed by atoms with van der Waals surface area (Å²) in [6.45, 7) is 6.28. The number of carbonyl (C=O) groups excluding carboxylic acids is 4. The van der Waals surface area contributed by atoms with Gasteiger partial charge >= 0.3 is 17.8 Å². The molecule has 4 amide bonds. The molecule has 4 aromatic rings. The Morgan fingerprint density at radius 1 is 0.981 bits per heavy atom. The van der Waals surface area contributed by atoms with Crippen molar-refractivity contribution in [2.24, 2.45) is 11.3 Å². The van der Waals surface area contributed by atoms with E-state index in [9.17, 15) is 29.1 Å². The predicted molar refractivity (Wildman–Crippen MR) is 196 cm³/mol. The number of nitrogens with one attached hydrogen (secondary N) is 3. The topological polar surface area (TPSA) is 201 Å². The molecule has 3 aromatic carbocycles. The number of benzene rings is 3. The van der Waals surface area contributed by atoms with Gasteiger partial charge in [0.2, 0.25) is 11.8 Å². The molecule has 4 N–H and O–H groups in total. The van der Waals surface area contributed by atoms with Crippen LogP contribution in [0.15, 0.2) is 73.1 Å². The van der Waals surface area contributed by atoms with Crippen molar-refractivity contribution in [3.05, 3.63) is 89.2 Å². The second kappa shape index (κ2) is 17.2. The van der Waals surface area contributed by atoms with Crippen molar-refractivity contribution in [1.29, 1.82) is 0 Å². The number of nitrogens with zero attached hydrogens (tertiary/aromatic N) is 6. The van der Waals surface area contributed by atoms with E-state index >= 15 is 0 Å². The fourth-order valence-electron chi connectivity index (χ4n) is 5.87. The van der Waals surface area contributed by atoms with Crippen molar-refractivity contribution < 1.29 is 33.8 Å². The number of ether oxygens (including phenoxy) is 1. The third-order valence-corrected chi connectivity index (χ3v) is 9.21. The molecule has 1 aliphatic heterocycles. The molecule has 1 aromatic heterocycles. The van der Waals surface area contributed by atoms with Crippen molar-refractivity contribution in [3.63, 3.8) is 0 Å². The molecule has 0 saturated carbocycles. The molecule has 0 radical (unpaired) electrons. The number of carboxylic acids is 1. The number of hydrogen-bond donors (Lipinski definition) is 4. The molecule has 0 bridgehead atoms. The number of hydrogen-bond acceptors (Lipinski definition) is 10. The Bertz CT molecular complexity index is 1940. The zero-order valence-corrected chi connectivity index (χ0v) is 30.2. The molecule has 5 rings (SSSR count). The SMILES string of the molecule is COCCN1CCN(c2ccc(C[C@H](C(=O)Nc3ccc(C(=O)O)cc3)C(C)(C)CNC(=O)C(=O)Nc3cc(Cl)ccc3-n3cnnn3)cc2)C(=O)C1. The number of anilines is 3. The summed E-state index contributed by atoms with van der Waals surface area (Å²) in [6, 6.07) is 17.8. The smallest absolute Gasteiger partial charge is 0.335 e. The van der Waals surface area contributed by atoms with Crippen molar-refractivity contribution in [2.45, 2.75) is 20.3 Å². The van der Waals surface area contributed by atoms with E-state index in [-0.39, 0.29) is 42.6 Å². The summed E-state index contributed by atoms with van der Waals surface area (Å²) in [5.41, 5.74) is 1.67. The Balaban J connectivity index is 1.30. The minimum Gasteiger partial charge on any atom is -0.478 e. The van der Waals surface area contributed by atoms with Gasteiger partial charge in [-0.15, -0.1) is 5.10 Å². The minimum absolute atomic E-state index is 0.0193. The van der Waals surface area contributed by atoms with Gasteiger partial charge in [-0.25, -0.2) is 4.79 Å². The lowest BCUT2D eigenvalue weighted by Crippen LogP contribution is -2.51. The van der Waals surface area contributed by atoms with Crippen molar-refractivity contribution in [1.82, 2.24) is 30.4 Å². The summed E-state index contributed by atoms with van der Waals surface area (Å²) < 4.78 is 6.44. The normalized spacial score (nSPS) is 14.0. The average Bonchev–Trinajstić information content (AvgIpc) is 3.67. The van der Waals surface area contributed by atoms with E-state index in [2.05, 4.69) is 31.5 Å². The monoisotopic (exact) mass is 745 g/mol. The Morgan fingerprint density at radius 2 is 1.72 bits per heavy atom. The molecule has 17 heteroatoms. The van der Waals surface area contributed by atoms with Gasteiger partial charge < -0.3 is 30.7 Å². The number of aromatic carboxylic acids is 1. The lowest BCUT2D eigenvalue weighted by molar-refractivity contribution is -0.136. The van der Waals surface area contributed by atoms with Crippen LogP contribution in [0, 0.1) is 11.3 Å². The summed E-state index contributed by atoms with van der Waals surface area (Å²) in [4.78, 5) is 68.1. The van der Waals surface area contributed by atoms with Crippen LogP contribution in [0.5, 0.6) is 0 Å². The molecule has 53 heavy (non-hydrogen) atoms. The van der Waals surface area contributed by atoms with Gasteiger partial charge in [0.15, 0.2) is 0 Å². The van der Waals surface area contributed by atoms with Gasteiger partial charge in [-0.05, 0) is 82.4 Å². The fourth-order valence-corrected chi connectivity index (χ4v) is 6.05. The van der Waals surface area contributed by atoms with Gasteiger partial charge in [-0.3, -0.25) is 24.1 Å². The number of rotatable bonds is 14. The van der Waals surface area contributed by atoms with Crippen molar-refractivity contribution in [3.8, 4) is 5.69 Å². The maximum absolute atomic E-state index is 13.9. The van der Waals surface area contributed by atoms with Crippen LogP contribution in [0.3, 0.4) is 0 Å². The largest absolute Gasteiger partial charge is 0.478 e. The second-order valence-electron chi connectivity index (χ2n) is 13.2. The molecular weight excluding hydrogens is 706 g/mol. The predicted octanol–water partition coefficient (Wildman–Crippen LogP) is 2.89. The van der Waals surface area contributed by atoms with E-state index < -0.39 is 29.1 Å². The molecule has 1 aliphatic rings. The number of amides is 4. The average molecular weight is 746 g/mol. The van der Waals surface area contributed by atoms with Crippen LogP contribution in [0.25, 0.3) is 5.69 Å². The van der Waals surface area contributed by atoms with Gasteiger partial charge in [0.1, 0.15) is 6.33 Å². The third kappa shape index (κ3) is 10.0. The van der Waals surface area contributed by atoms with Gasteiger partial charge in [-0.2, -0.15) is 4.68 Å². The summed E-state index contributed by atoms with van der Waals surface area (Å²) >= 11 is 6.15. The highest BCUT2D eigenvalue weighted by Gasteiger charge is 2.36. The van der Waals surface area contributed by atoms with E-state index in [1.807, 2.05) is 29.2 Å².